The third kappa shape index (κ3) is 9.07. The highest BCUT2D eigenvalue weighted by atomic mass is 16.6. The summed E-state index contributed by atoms with van der Waals surface area (Å²) in [7, 11) is 0. The van der Waals surface area contributed by atoms with Gasteiger partial charge in [0.2, 0.25) is 0 Å². The molecule has 0 aromatic carbocycles. The first kappa shape index (κ1) is 25.0. The van der Waals surface area contributed by atoms with E-state index in [1.807, 2.05) is 34.6 Å². The highest BCUT2D eigenvalue weighted by molar-refractivity contribution is 5.88. The Morgan fingerprint density at radius 2 is 1.46 bits per heavy atom. The predicted molar refractivity (Wildman–Crippen MR) is 101 cm³/mol. The third-order valence-electron chi connectivity index (χ3n) is 4.70. The van der Waals surface area contributed by atoms with Gasteiger partial charge in [0.05, 0.1) is 18.8 Å². The molecule has 0 rings (SSSR count). The van der Waals surface area contributed by atoms with Crippen LogP contribution in [0, 0.1) is 5.41 Å². The summed E-state index contributed by atoms with van der Waals surface area (Å²) in [5.41, 5.74) is -2.80. The van der Waals surface area contributed by atoms with Crippen LogP contribution in [0.2, 0.25) is 0 Å². The molecule has 0 aliphatic rings. The fourth-order valence-electron chi connectivity index (χ4n) is 1.70. The van der Waals surface area contributed by atoms with Gasteiger partial charge in [-0.05, 0) is 48.0 Å². The van der Waals surface area contributed by atoms with Crippen molar-refractivity contribution in [2.75, 3.05) is 19.7 Å². The number of carbonyl (C=O) groups excluding carboxylic acids is 2. The van der Waals surface area contributed by atoms with Gasteiger partial charge in [0.1, 0.15) is 17.7 Å². The molecule has 0 aliphatic heterocycles. The Morgan fingerprint density at radius 3 is 1.88 bits per heavy atom. The Balaban J connectivity index is 4.55. The quantitative estimate of drug-likeness (QED) is 0.343. The Morgan fingerprint density at radius 1 is 0.962 bits per heavy atom. The number of esters is 1. The number of aliphatic hydroxyl groups is 1. The van der Waals surface area contributed by atoms with E-state index in [1.165, 1.54) is 0 Å². The average Bonchev–Trinajstić information content (AvgIpc) is 2.33. The van der Waals surface area contributed by atoms with Crippen LogP contribution in [0.25, 0.3) is 0 Å². The standard InChI is InChI=1S/C19H38N2O5/c1-16(2,3)19(8,9)26-15(23)13-21(20)12-14(22)18(6,7)25-11-10-17(4,5)24/h24H,10-13,20H2,1-9H3. The molecule has 0 saturated heterocycles. The minimum Gasteiger partial charge on any atom is -0.458 e. The topological polar surface area (TPSA) is 102 Å². The van der Waals surface area contributed by atoms with Crippen LogP contribution in [0.15, 0.2) is 0 Å². The van der Waals surface area contributed by atoms with Crippen molar-refractivity contribution >= 4 is 11.8 Å². The number of hydrazine groups is 1. The van der Waals surface area contributed by atoms with Crippen LogP contribution in [0.5, 0.6) is 0 Å². The molecular formula is C19H38N2O5. The van der Waals surface area contributed by atoms with Crippen molar-refractivity contribution in [1.82, 2.24) is 5.01 Å². The molecule has 26 heavy (non-hydrogen) atoms. The highest BCUT2D eigenvalue weighted by Gasteiger charge is 2.37. The van der Waals surface area contributed by atoms with Crippen molar-refractivity contribution in [3.8, 4) is 0 Å². The smallest absolute Gasteiger partial charge is 0.322 e. The number of hydrogen-bond acceptors (Lipinski definition) is 7. The summed E-state index contributed by atoms with van der Waals surface area (Å²) in [5, 5.41) is 10.8. The molecule has 7 nitrogen and oxygen atoms in total. The van der Waals surface area contributed by atoms with E-state index in [2.05, 4.69) is 0 Å². The van der Waals surface area contributed by atoms with Crippen molar-refractivity contribution in [3.05, 3.63) is 0 Å². The second-order valence-electron chi connectivity index (χ2n) is 9.48. The molecule has 0 saturated carbocycles. The lowest BCUT2D eigenvalue weighted by molar-refractivity contribution is -0.168. The lowest BCUT2D eigenvalue weighted by Crippen LogP contribution is -2.49. The van der Waals surface area contributed by atoms with Crippen molar-refractivity contribution < 1.29 is 24.2 Å². The summed E-state index contributed by atoms with van der Waals surface area (Å²) in [6.07, 6.45) is 0.407. The maximum Gasteiger partial charge on any atom is 0.322 e. The molecule has 0 atom stereocenters. The average molecular weight is 375 g/mol. The number of hydrogen-bond donors (Lipinski definition) is 2. The maximum absolute atomic E-state index is 12.4. The van der Waals surface area contributed by atoms with Gasteiger partial charge in [-0.25, -0.2) is 5.01 Å². The first-order chi connectivity index (χ1) is 11.4. The fraction of sp³-hybridized carbons (Fsp3) is 0.895. The van der Waals surface area contributed by atoms with Crippen LogP contribution >= 0.6 is 0 Å². The summed E-state index contributed by atoms with van der Waals surface area (Å²) in [4.78, 5) is 24.5. The maximum atomic E-state index is 12.4. The van der Waals surface area contributed by atoms with Crippen LogP contribution in [0.3, 0.4) is 0 Å². The molecule has 0 radical (unpaired) electrons. The third-order valence-corrected chi connectivity index (χ3v) is 4.70. The molecule has 0 aliphatic carbocycles. The number of ketones is 1. The van der Waals surface area contributed by atoms with Gasteiger partial charge < -0.3 is 14.6 Å². The van der Waals surface area contributed by atoms with E-state index in [0.29, 0.717) is 6.42 Å². The normalized spacial score (nSPS) is 13.8. The van der Waals surface area contributed by atoms with E-state index in [9.17, 15) is 14.7 Å². The zero-order chi connectivity index (χ0) is 21.0. The van der Waals surface area contributed by atoms with Crippen molar-refractivity contribution in [1.29, 1.82) is 0 Å². The molecule has 3 N–H and O–H groups in total. The fourth-order valence-corrected chi connectivity index (χ4v) is 1.70. The van der Waals surface area contributed by atoms with Crippen molar-refractivity contribution in [3.63, 3.8) is 0 Å². The van der Waals surface area contributed by atoms with E-state index < -0.39 is 22.8 Å². The lowest BCUT2D eigenvalue weighted by atomic mass is 9.79. The number of nitrogens with zero attached hydrogens (tertiary/aromatic N) is 1. The summed E-state index contributed by atoms with van der Waals surface area (Å²) in [5.74, 6) is 5.08. The zero-order valence-corrected chi connectivity index (χ0v) is 17.9. The number of nitrogens with two attached hydrogens (primary N) is 1. The molecule has 0 heterocycles. The van der Waals surface area contributed by atoms with E-state index in [-0.39, 0.29) is 30.9 Å². The number of rotatable bonds is 10. The highest BCUT2D eigenvalue weighted by Crippen LogP contribution is 2.32. The van der Waals surface area contributed by atoms with E-state index in [1.54, 1.807) is 27.7 Å². The number of ether oxygens (including phenoxy) is 2. The van der Waals surface area contributed by atoms with E-state index in [4.69, 9.17) is 15.3 Å². The molecule has 0 fully saturated rings. The molecule has 0 unspecified atom stereocenters. The van der Waals surface area contributed by atoms with Gasteiger partial charge in [0, 0.05) is 5.41 Å². The molecule has 0 spiro atoms. The summed E-state index contributed by atoms with van der Waals surface area (Å²) >= 11 is 0. The van der Waals surface area contributed by atoms with Crippen LogP contribution in [-0.4, -0.2) is 58.4 Å². The number of carbonyl (C=O) groups is 2. The Kier molecular flexibility index (Phi) is 8.43. The van der Waals surface area contributed by atoms with Gasteiger partial charge in [-0.3, -0.25) is 15.4 Å². The molecule has 154 valence electrons. The second-order valence-corrected chi connectivity index (χ2v) is 9.48. The van der Waals surface area contributed by atoms with Crippen molar-refractivity contribution in [2.24, 2.45) is 11.3 Å². The van der Waals surface area contributed by atoms with E-state index in [0.717, 1.165) is 5.01 Å². The summed E-state index contributed by atoms with van der Waals surface area (Å²) in [6, 6.07) is 0. The Bertz CT molecular complexity index is 487. The van der Waals surface area contributed by atoms with Crippen molar-refractivity contribution in [2.45, 2.75) is 85.5 Å². The Labute approximate surface area is 158 Å². The van der Waals surface area contributed by atoms with Crippen LogP contribution < -0.4 is 5.84 Å². The SMILES string of the molecule is CC(C)(O)CCOC(C)(C)C(=O)CN(N)CC(=O)OC(C)(C)C(C)(C)C. The van der Waals surface area contributed by atoms with Gasteiger partial charge in [-0.1, -0.05) is 20.8 Å². The molecule has 0 aromatic heterocycles. The predicted octanol–water partition coefficient (Wildman–Crippen LogP) is 2.06. The van der Waals surface area contributed by atoms with Gasteiger partial charge >= 0.3 is 5.97 Å². The molecule has 0 aromatic rings. The van der Waals surface area contributed by atoms with E-state index >= 15 is 0 Å². The Hall–Kier alpha value is -1.02. The molecule has 0 amide bonds. The first-order valence-corrected chi connectivity index (χ1v) is 8.98. The van der Waals surface area contributed by atoms with Crippen LogP contribution in [0.1, 0.15) is 68.7 Å². The van der Waals surface area contributed by atoms with Gasteiger partial charge in [-0.15, -0.1) is 0 Å². The lowest BCUT2D eigenvalue weighted by Gasteiger charge is -2.38. The molecular weight excluding hydrogens is 336 g/mol. The molecule has 0 bridgehead atoms. The first-order valence-electron chi connectivity index (χ1n) is 8.98. The summed E-state index contributed by atoms with van der Waals surface area (Å²) < 4.78 is 11.1. The molecule has 7 heteroatoms. The van der Waals surface area contributed by atoms with Gasteiger partial charge in [0.25, 0.3) is 0 Å². The second kappa shape index (κ2) is 8.78. The summed E-state index contributed by atoms with van der Waals surface area (Å²) in [6.45, 7) is 16.2. The number of Topliss-reactive ketones (excluding diaryl/α,β-unsaturated/α-hetero) is 1. The van der Waals surface area contributed by atoms with Gasteiger partial charge in [-0.2, -0.15) is 0 Å². The van der Waals surface area contributed by atoms with Crippen LogP contribution in [-0.2, 0) is 19.1 Å². The largest absolute Gasteiger partial charge is 0.458 e. The minimum absolute atomic E-state index is 0.138. The minimum atomic E-state index is -1.06. The van der Waals surface area contributed by atoms with Crippen LogP contribution in [0.4, 0.5) is 0 Å². The van der Waals surface area contributed by atoms with Gasteiger partial charge in [0.15, 0.2) is 5.78 Å². The monoisotopic (exact) mass is 374 g/mol. The zero-order valence-electron chi connectivity index (χ0n) is 17.9.